The summed E-state index contributed by atoms with van der Waals surface area (Å²) >= 11 is 0. The maximum Gasteiger partial charge on any atom is 0.326 e. The Morgan fingerprint density at radius 1 is 1.38 bits per heavy atom. The number of carbonyl (C=O) groups excluding carboxylic acids is 1. The number of hydrogen-bond acceptors (Lipinski definition) is 4. The zero-order chi connectivity index (χ0) is 18.8. The van der Waals surface area contributed by atoms with Crippen LogP contribution >= 0.6 is 0 Å². The van der Waals surface area contributed by atoms with Crippen molar-refractivity contribution >= 4 is 11.9 Å². The van der Waals surface area contributed by atoms with Gasteiger partial charge in [-0.15, -0.1) is 0 Å². The molecule has 1 aliphatic carbocycles. The van der Waals surface area contributed by atoms with Crippen molar-refractivity contribution in [3.05, 3.63) is 41.9 Å². The van der Waals surface area contributed by atoms with E-state index in [1.165, 1.54) is 24.1 Å². The summed E-state index contributed by atoms with van der Waals surface area (Å²) in [6, 6.07) is 2.21. The molecule has 0 bridgehead atoms. The van der Waals surface area contributed by atoms with Gasteiger partial charge in [-0.3, -0.25) is 4.79 Å². The van der Waals surface area contributed by atoms with Gasteiger partial charge in [0.05, 0.1) is 11.8 Å². The molecule has 1 aromatic heterocycles. The lowest BCUT2D eigenvalue weighted by Gasteiger charge is -2.26. The van der Waals surface area contributed by atoms with Crippen LogP contribution in [0.2, 0.25) is 0 Å². The Morgan fingerprint density at radius 2 is 2.12 bits per heavy atom. The fourth-order valence-corrected chi connectivity index (χ4v) is 2.79. The van der Waals surface area contributed by atoms with Crippen molar-refractivity contribution in [1.29, 1.82) is 0 Å². The van der Waals surface area contributed by atoms with Crippen molar-refractivity contribution in [3.63, 3.8) is 0 Å². The van der Waals surface area contributed by atoms with Crippen molar-refractivity contribution in [2.75, 3.05) is 0 Å². The highest BCUT2D eigenvalue weighted by atomic mass is 19.1. The van der Waals surface area contributed by atoms with Crippen LogP contribution in [0.15, 0.2) is 28.8 Å². The van der Waals surface area contributed by atoms with E-state index >= 15 is 0 Å². The number of nitrogens with zero attached hydrogens (tertiary/aromatic N) is 2. The molecule has 1 N–H and O–H groups in total. The maximum atomic E-state index is 13.8. The predicted octanol–water partition coefficient (Wildman–Crippen LogP) is 3.02. The van der Waals surface area contributed by atoms with Gasteiger partial charge in [0.2, 0.25) is 5.91 Å². The minimum atomic E-state index is -1.05. The first-order chi connectivity index (χ1) is 12.4. The first-order valence-electron chi connectivity index (χ1n) is 8.31. The van der Waals surface area contributed by atoms with Crippen molar-refractivity contribution in [2.45, 2.75) is 44.7 Å². The number of carboxylic acid groups (broad SMARTS) is 1. The highest BCUT2D eigenvalue weighted by Gasteiger charge is 2.38. The molecule has 1 unspecified atom stereocenters. The molecule has 138 valence electrons. The minimum absolute atomic E-state index is 0.0259. The van der Waals surface area contributed by atoms with Crippen molar-refractivity contribution < 1.29 is 27.9 Å². The van der Waals surface area contributed by atoms with Crippen molar-refractivity contribution in [2.24, 2.45) is 0 Å². The average Bonchev–Trinajstić information content (AvgIpc) is 3.30. The van der Waals surface area contributed by atoms with Crippen LogP contribution < -0.4 is 0 Å². The Hall–Kier alpha value is -2.77. The molecule has 0 aliphatic heterocycles. The largest absolute Gasteiger partial charge is 0.480 e. The summed E-state index contributed by atoms with van der Waals surface area (Å²) in [6.45, 7) is 1.49. The molecule has 8 heteroatoms. The van der Waals surface area contributed by atoms with E-state index in [-0.39, 0.29) is 42.0 Å². The zero-order valence-corrected chi connectivity index (χ0v) is 14.1. The molecule has 1 amide bonds. The lowest BCUT2D eigenvalue weighted by atomic mass is 10.2. The van der Waals surface area contributed by atoms with Crippen molar-refractivity contribution in [1.82, 2.24) is 9.88 Å². The van der Waals surface area contributed by atoms with Gasteiger partial charge in [-0.2, -0.15) is 0 Å². The second kappa shape index (κ2) is 7.23. The van der Waals surface area contributed by atoms with Gasteiger partial charge in [0, 0.05) is 24.9 Å². The zero-order valence-electron chi connectivity index (χ0n) is 14.1. The molecule has 1 fully saturated rings. The monoisotopic (exact) mass is 364 g/mol. The Labute approximate surface area is 148 Å². The van der Waals surface area contributed by atoms with Crippen LogP contribution in [-0.4, -0.2) is 39.0 Å². The first kappa shape index (κ1) is 18.0. The van der Waals surface area contributed by atoms with Crippen LogP contribution in [0.4, 0.5) is 8.78 Å². The predicted molar refractivity (Wildman–Crippen MR) is 87.1 cm³/mol. The average molecular weight is 364 g/mol. The molecule has 1 atom stereocenters. The normalized spacial score (nSPS) is 14.9. The fourth-order valence-electron chi connectivity index (χ4n) is 2.79. The Kier molecular flexibility index (Phi) is 5.01. The molecule has 0 radical (unpaired) electrons. The molecule has 1 aromatic carbocycles. The third-order valence-electron chi connectivity index (χ3n) is 4.31. The summed E-state index contributed by atoms with van der Waals surface area (Å²) in [5.41, 5.74) is 0.0792. The third kappa shape index (κ3) is 3.89. The number of amides is 1. The topological polar surface area (TPSA) is 83.6 Å². The highest BCUT2D eigenvalue weighted by Crippen LogP contribution is 2.30. The number of aromatic nitrogens is 1. The highest BCUT2D eigenvalue weighted by molar-refractivity contribution is 5.84. The van der Waals surface area contributed by atoms with E-state index < -0.39 is 23.6 Å². The Balaban J connectivity index is 1.66. The molecule has 1 heterocycles. The molecule has 6 nitrogen and oxygen atoms in total. The van der Waals surface area contributed by atoms with Crippen LogP contribution in [-0.2, 0) is 16.0 Å². The van der Waals surface area contributed by atoms with E-state index in [1.54, 1.807) is 0 Å². The number of hydrogen-bond donors (Lipinski definition) is 1. The minimum Gasteiger partial charge on any atom is -0.480 e. The quantitative estimate of drug-likeness (QED) is 0.816. The SMILES string of the molecule is CC(C(=O)O)N(C(=O)CCc1ncc(-c2ccc(F)cc2F)o1)C1CC1. The number of benzene rings is 1. The molecular formula is C18H18F2N2O4. The fraction of sp³-hybridized carbons (Fsp3) is 0.389. The summed E-state index contributed by atoms with van der Waals surface area (Å²) in [5.74, 6) is -2.41. The van der Waals surface area contributed by atoms with Crippen molar-refractivity contribution in [3.8, 4) is 11.3 Å². The van der Waals surface area contributed by atoms with Gasteiger partial charge in [-0.05, 0) is 31.9 Å². The van der Waals surface area contributed by atoms with Gasteiger partial charge in [0.15, 0.2) is 11.7 Å². The second-order valence-corrected chi connectivity index (χ2v) is 6.29. The third-order valence-corrected chi connectivity index (χ3v) is 4.31. The second-order valence-electron chi connectivity index (χ2n) is 6.29. The van der Waals surface area contributed by atoms with Gasteiger partial charge < -0.3 is 14.4 Å². The Morgan fingerprint density at radius 3 is 2.73 bits per heavy atom. The maximum absolute atomic E-state index is 13.8. The molecule has 1 saturated carbocycles. The number of aliphatic carboxylic acids is 1. The Bertz CT molecular complexity index is 832. The lowest BCUT2D eigenvalue weighted by molar-refractivity contribution is -0.150. The molecular weight excluding hydrogens is 346 g/mol. The summed E-state index contributed by atoms with van der Waals surface area (Å²) in [6.07, 6.45) is 3.12. The molecule has 1 aliphatic rings. The number of carboxylic acids is 1. The number of carbonyl (C=O) groups is 2. The van der Waals surface area contributed by atoms with Crippen LogP contribution in [0.5, 0.6) is 0 Å². The van der Waals surface area contributed by atoms with Gasteiger partial charge in [-0.25, -0.2) is 18.6 Å². The molecule has 26 heavy (non-hydrogen) atoms. The molecule has 3 rings (SSSR count). The number of aryl methyl sites for hydroxylation is 1. The summed E-state index contributed by atoms with van der Waals surface area (Å²) in [7, 11) is 0. The first-order valence-corrected chi connectivity index (χ1v) is 8.31. The molecule has 2 aromatic rings. The van der Waals surface area contributed by atoms with Crippen LogP contribution in [0.3, 0.4) is 0 Å². The van der Waals surface area contributed by atoms with Crippen LogP contribution in [0, 0.1) is 11.6 Å². The van der Waals surface area contributed by atoms with E-state index in [9.17, 15) is 18.4 Å². The summed E-state index contributed by atoms with van der Waals surface area (Å²) in [5, 5.41) is 9.15. The molecule has 0 spiro atoms. The van der Waals surface area contributed by atoms with Gasteiger partial charge in [0.25, 0.3) is 0 Å². The number of oxazole rings is 1. The van der Waals surface area contributed by atoms with E-state index in [0.717, 1.165) is 25.0 Å². The van der Waals surface area contributed by atoms with Crippen LogP contribution in [0.1, 0.15) is 32.1 Å². The summed E-state index contributed by atoms with van der Waals surface area (Å²) < 4.78 is 32.2. The standard InChI is InChI=1S/C18H18F2N2O4/c1-10(18(24)25)22(12-3-4-12)17(23)7-6-16-21-9-15(26-16)13-5-2-11(19)8-14(13)20/h2,5,8-10,12H,3-4,6-7H2,1H3,(H,24,25). The van der Waals surface area contributed by atoms with E-state index in [1.807, 2.05) is 0 Å². The van der Waals surface area contributed by atoms with Gasteiger partial charge in [-0.1, -0.05) is 0 Å². The van der Waals surface area contributed by atoms with E-state index in [0.29, 0.717) is 0 Å². The van der Waals surface area contributed by atoms with E-state index in [4.69, 9.17) is 9.52 Å². The van der Waals surface area contributed by atoms with Gasteiger partial charge >= 0.3 is 5.97 Å². The van der Waals surface area contributed by atoms with Crippen LogP contribution in [0.25, 0.3) is 11.3 Å². The lowest BCUT2D eigenvalue weighted by Crippen LogP contribution is -2.44. The molecule has 0 saturated heterocycles. The number of rotatable bonds is 7. The van der Waals surface area contributed by atoms with E-state index in [2.05, 4.69) is 4.98 Å². The number of halogens is 2. The smallest absolute Gasteiger partial charge is 0.326 e. The van der Waals surface area contributed by atoms with Gasteiger partial charge in [0.1, 0.15) is 17.7 Å². The summed E-state index contributed by atoms with van der Waals surface area (Å²) in [4.78, 5) is 29.0.